The molecule has 102 valence electrons. The summed E-state index contributed by atoms with van der Waals surface area (Å²) < 4.78 is 5.20. The van der Waals surface area contributed by atoms with E-state index in [1.165, 1.54) is 38.8 Å². The van der Waals surface area contributed by atoms with E-state index in [1.54, 1.807) is 7.11 Å². The summed E-state index contributed by atoms with van der Waals surface area (Å²) in [6, 6.07) is 0.442. The standard InChI is InChI=1S/C14H30N2O/c1-12(2)10-16(7-8-17-3)11-13-5-4-6-14(15)9-13/h12-14H,4-11,15H2,1-3H3. The Morgan fingerprint density at radius 1 is 1.35 bits per heavy atom. The van der Waals surface area contributed by atoms with Gasteiger partial charge in [-0.2, -0.15) is 0 Å². The third kappa shape index (κ3) is 6.39. The Kier molecular flexibility index (Phi) is 7.09. The van der Waals surface area contributed by atoms with Crippen LogP contribution < -0.4 is 5.73 Å². The SMILES string of the molecule is COCCN(CC(C)C)CC1CCCC(N)C1. The molecule has 2 N–H and O–H groups in total. The summed E-state index contributed by atoms with van der Waals surface area (Å²) in [5, 5.41) is 0. The van der Waals surface area contributed by atoms with Crippen molar-refractivity contribution in [2.24, 2.45) is 17.6 Å². The van der Waals surface area contributed by atoms with E-state index in [1.807, 2.05) is 0 Å². The predicted molar refractivity (Wildman–Crippen MR) is 73.1 cm³/mol. The van der Waals surface area contributed by atoms with Gasteiger partial charge < -0.3 is 15.4 Å². The molecule has 0 amide bonds. The van der Waals surface area contributed by atoms with Gasteiger partial charge in [-0.05, 0) is 31.1 Å². The maximum Gasteiger partial charge on any atom is 0.0589 e. The summed E-state index contributed by atoms with van der Waals surface area (Å²) in [4.78, 5) is 2.55. The molecule has 0 aromatic carbocycles. The number of hydrogen-bond donors (Lipinski definition) is 1. The van der Waals surface area contributed by atoms with E-state index < -0.39 is 0 Å². The van der Waals surface area contributed by atoms with Gasteiger partial charge in [-0.3, -0.25) is 0 Å². The molecule has 17 heavy (non-hydrogen) atoms. The summed E-state index contributed by atoms with van der Waals surface area (Å²) in [5.74, 6) is 1.53. The minimum Gasteiger partial charge on any atom is -0.383 e. The van der Waals surface area contributed by atoms with E-state index in [9.17, 15) is 0 Å². The Bertz CT molecular complexity index is 197. The fraction of sp³-hybridized carbons (Fsp3) is 1.00. The lowest BCUT2D eigenvalue weighted by Gasteiger charge is -2.32. The average Bonchev–Trinajstić information content (AvgIpc) is 2.25. The number of nitrogens with two attached hydrogens (primary N) is 1. The lowest BCUT2D eigenvalue weighted by molar-refractivity contribution is 0.119. The van der Waals surface area contributed by atoms with Crippen LogP contribution in [0.25, 0.3) is 0 Å². The molecular weight excluding hydrogens is 212 g/mol. The van der Waals surface area contributed by atoms with Crippen LogP contribution in [-0.2, 0) is 4.74 Å². The Morgan fingerprint density at radius 3 is 2.71 bits per heavy atom. The summed E-state index contributed by atoms with van der Waals surface area (Å²) in [5.41, 5.74) is 6.06. The largest absolute Gasteiger partial charge is 0.383 e. The first-order valence-corrected chi connectivity index (χ1v) is 7.08. The van der Waals surface area contributed by atoms with Gasteiger partial charge >= 0.3 is 0 Å². The molecule has 0 bridgehead atoms. The molecule has 1 aliphatic rings. The molecule has 2 atom stereocenters. The molecule has 0 saturated heterocycles. The minimum absolute atomic E-state index is 0.442. The molecule has 2 unspecified atom stereocenters. The Morgan fingerprint density at radius 2 is 2.12 bits per heavy atom. The van der Waals surface area contributed by atoms with Crippen molar-refractivity contribution in [2.75, 3.05) is 33.4 Å². The molecule has 0 aromatic rings. The quantitative estimate of drug-likeness (QED) is 0.743. The normalized spacial score (nSPS) is 25.8. The number of ether oxygens (including phenoxy) is 1. The van der Waals surface area contributed by atoms with Gasteiger partial charge in [-0.25, -0.2) is 0 Å². The first-order chi connectivity index (χ1) is 8.11. The molecule has 1 saturated carbocycles. The van der Waals surface area contributed by atoms with Crippen molar-refractivity contribution in [3.63, 3.8) is 0 Å². The van der Waals surface area contributed by atoms with E-state index in [4.69, 9.17) is 10.5 Å². The summed E-state index contributed by atoms with van der Waals surface area (Å²) in [6.07, 6.45) is 5.10. The number of rotatable bonds is 7. The Labute approximate surface area is 107 Å². The van der Waals surface area contributed by atoms with Crippen molar-refractivity contribution in [3.05, 3.63) is 0 Å². The van der Waals surface area contributed by atoms with Gasteiger partial charge in [0.25, 0.3) is 0 Å². The molecule has 1 fully saturated rings. The van der Waals surface area contributed by atoms with E-state index in [2.05, 4.69) is 18.7 Å². The first-order valence-electron chi connectivity index (χ1n) is 7.08. The van der Waals surface area contributed by atoms with Crippen LogP contribution in [0.15, 0.2) is 0 Å². The fourth-order valence-electron chi connectivity index (χ4n) is 2.86. The monoisotopic (exact) mass is 242 g/mol. The van der Waals surface area contributed by atoms with E-state index in [0.717, 1.165) is 25.0 Å². The van der Waals surface area contributed by atoms with Gasteiger partial charge in [0.1, 0.15) is 0 Å². The number of methoxy groups -OCH3 is 1. The van der Waals surface area contributed by atoms with Crippen LogP contribution in [0.4, 0.5) is 0 Å². The van der Waals surface area contributed by atoms with Gasteiger partial charge in [0.05, 0.1) is 6.61 Å². The zero-order valence-electron chi connectivity index (χ0n) is 11.8. The highest BCUT2D eigenvalue weighted by Crippen LogP contribution is 2.24. The average molecular weight is 242 g/mol. The van der Waals surface area contributed by atoms with Crippen LogP contribution >= 0.6 is 0 Å². The van der Waals surface area contributed by atoms with Crippen molar-refractivity contribution in [1.29, 1.82) is 0 Å². The van der Waals surface area contributed by atoms with Crippen molar-refractivity contribution in [3.8, 4) is 0 Å². The zero-order chi connectivity index (χ0) is 12.7. The molecule has 0 spiro atoms. The Balaban J connectivity index is 2.35. The van der Waals surface area contributed by atoms with Gasteiger partial charge in [0.15, 0.2) is 0 Å². The second-order valence-electron chi connectivity index (χ2n) is 5.94. The highest BCUT2D eigenvalue weighted by atomic mass is 16.5. The highest BCUT2D eigenvalue weighted by Gasteiger charge is 2.21. The molecule has 3 heteroatoms. The summed E-state index contributed by atoms with van der Waals surface area (Å²) >= 11 is 0. The summed E-state index contributed by atoms with van der Waals surface area (Å²) in [7, 11) is 1.78. The molecule has 1 rings (SSSR count). The van der Waals surface area contributed by atoms with Crippen LogP contribution in [0.1, 0.15) is 39.5 Å². The van der Waals surface area contributed by atoms with Crippen molar-refractivity contribution in [1.82, 2.24) is 4.90 Å². The minimum atomic E-state index is 0.442. The first kappa shape index (κ1) is 14.9. The van der Waals surface area contributed by atoms with E-state index in [0.29, 0.717) is 6.04 Å². The van der Waals surface area contributed by atoms with Crippen LogP contribution in [0.3, 0.4) is 0 Å². The van der Waals surface area contributed by atoms with Crippen LogP contribution in [0.5, 0.6) is 0 Å². The highest BCUT2D eigenvalue weighted by molar-refractivity contribution is 4.77. The van der Waals surface area contributed by atoms with E-state index >= 15 is 0 Å². The zero-order valence-corrected chi connectivity index (χ0v) is 11.8. The van der Waals surface area contributed by atoms with Gasteiger partial charge in [0.2, 0.25) is 0 Å². The smallest absolute Gasteiger partial charge is 0.0589 e. The fourth-order valence-corrected chi connectivity index (χ4v) is 2.86. The summed E-state index contributed by atoms with van der Waals surface area (Å²) in [6.45, 7) is 8.84. The van der Waals surface area contributed by atoms with Crippen LogP contribution in [0.2, 0.25) is 0 Å². The van der Waals surface area contributed by atoms with Crippen molar-refractivity contribution in [2.45, 2.75) is 45.6 Å². The van der Waals surface area contributed by atoms with Crippen molar-refractivity contribution >= 4 is 0 Å². The lowest BCUT2D eigenvalue weighted by Crippen LogP contribution is -2.38. The van der Waals surface area contributed by atoms with Crippen molar-refractivity contribution < 1.29 is 4.74 Å². The second kappa shape index (κ2) is 8.06. The second-order valence-corrected chi connectivity index (χ2v) is 5.94. The third-order valence-electron chi connectivity index (χ3n) is 3.57. The molecule has 0 radical (unpaired) electrons. The van der Waals surface area contributed by atoms with Crippen LogP contribution in [-0.4, -0.2) is 44.3 Å². The topological polar surface area (TPSA) is 38.5 Å². The lowest BCUT2D eigenvalue weighted by atomic mass is 9.86. The molecule has 0 aliphatic heterocycles. The third-order valence-corrected chi connectivity index (χ3v) is 3.57. The van der Waals surface area contributed by atoms with E-state index in [-0.39, 0.29) is 0 Å². The number of nitrogens with zero attached hydrogens (tertiary/aromatic N) is 1. The Hall–Kier alpha value is -0.120. The molecular formula is C14H30N2O. The molecule has 0 aromatic heterocycles. The predicted octanol–water partition coefficient (Wildman–Crippen LogP) is 2.11. The maximum atomic E-state index is 6.06. The molecule has 3 nitrogen and oxygen atoms in total. The van der Waals surface area contributed by atoms with Gasteiger partial charge in [-0.15, -0.1) is 0 Å². The molecule has 0 heterocycles. The molecule has 1 aliphatic carbocycles. The maximum absolute atomic E-state index is 6.06. The number of hydrogen-bond acceptors (Lipinski definition) is 3. The van der Waals surface area contributed by atoms with Crippen LogP contribution in [0, 0.1) is 11.8 Å². The van der Waals surface area contributed by atoms with Gasteiger partial charge in [0, 0.05) is 32.8 Å². The van der Waals surface area contributed by atoms with Gasteiger partial charge in [-0.1, -0.05) is 20.3 Å².